The van der Waals surface area contributed by atoms with Gasteiger partial charge in [-0.25, -0.2) is 4.79 Å². The smallest absolute Gasteiger partial charge is 0.410 e. The van der Waals surface area contributed by atoms with Crippen LogP contribution in [0.2, 0.25) is 0 Å². The molecular formula is C19H24N2O5. The Morgan fingerprint density at radius 2 is 1.92 bits per heavy atom. The van der Waals surface area contributed by atoms with Crippen LogP contribution in [0.4, 0.5) is 4.79 Å². The first-order valence-electron chi connectivity index (χ1n) is 8.44. The molecule has 1 aromatic carbocycles. The van der Waals surface area contributed by atoms with Crippen LogP contribution in [0.25, 0.3) is 0 Å². The van der Waals surface area contributed by atoms with Crippen molar-refractivity contribution in [3.8, 4) is 6.07 Å². The van der Waals surface area contributed by atoms with Crippen LogP contribution in [0, 0.1) is 11.3 Å². The number of carbonyl (C=O) groups is 2. The second-order valence-electron chi connectivity index (χ2n) is 7.35. The van der Waals surface area contributed by atoms with Crippen LogP contribution < -0.4 is 0 Å². The Kier molecular flexibility index (Phi) is 5.88. The lowest BCUT2D eigenvalue weighted by molar-refractivity contribution is -0.151. The molecule has 0 radical (unpaired) electrons. The molecule has 1 N–H and O–H groups in total. The summed E-state index contributed by atoms with van der Waals surface area (Å²) < 4.78 is 10.7. The maximum atomic E-state index is 12.5. The molecule has 7 nitrogen and oxygen atoms in total. The van der Waals surface area contributed by atoms with Crippen molar-refractivity contribution in [2.45, 2.75) is 58.0 Å². The van der Waals surface area contributed by atoms with E-state index in [0.717, 1.165) is 5.56 Å². The summed E-state index contributed by atoms with van der Waals surface area (Å²) in [5.74, 6) is -0.523. The van der Waals surface area contributed by atoms with Gasteiger partial charge < -0.3 is 14.6 Å². The highest BCUT2D eigenvalue weighted by Gasteiger charge is 2.46. The monoisotopic (exact) mass is 360 g/mol. The van der Waals surface area contributed by atoms with E-state index in [1.165, 1.54) is 11.8 Å². The van der Waals surface area contributed by atoms with E-state index in [4.69, 9.17) is 14.7 Å². The van der Waals surface area contributed by atoms with Gasteiger partial charge in [-0.15, -0.1) is 0 Å². The third kappa shape index (κ3) is 4.96. The van der Waals surface area contributed by atoms with Crippen LogP contribution in [0.3, 0.4) is 0 Å². The van der Waals surface area contributed by atoms with Crippen LogP contribution in [-0.2, 0) is 20.7 Å². The lowest BCUT2D eigenvalue weighted by atomic mass is 10.00. The molecule has 0 spiro atoms. The number of likely N-dealkylation sites (tertiary alicyclic amines) is 1. The molecule has 0 bridgehead atoms. The molecule has 1 aliphatic heterocycles. The summed E-state index contributed by atoms with van der Waals surface area (Å²) in [6.45, 7) is 6.57. The van der Waals surface area contributed by atoms with Crippen LogP contribution in [0.1, 0.15) is 38.8 Å². The molecule has 0 aliphatic carbocycles. The zero-order valence-corrected chi connectivity index (χ0v) is 15.4. The number of carbonyl (C=O) groups excluding carboxylic acids is 2. The van der Waals surface area contributed by atoms with Crippen LogP contribution >= 0.6 is 0 Å². The number of β-amino-alcohol motifs (C(OH)–C–C–N with tert-alkyl or cyclic N) is 1. The summed E-state index contributed by atoms with van der Waals surface area (Å²) >= 11 is 0. The standard InChI is InChI=1S/C19H24N2O5/c1-12(22)25-17-15(9-13-5-7-14(10-20)8-6-13)21(11-16(17)23)18(24)26-19(2,3)4/h5-8,15-17,23H,9,11H2,1-4H3/t15-,16+,17+/m1/s1. The molecule has 3 atom stereocenters. The fourth-order valence-electron chi connectivity index (χ4n) is 2.94. The van der Waals surface area contributed by atoms with Gasteiger partial charge in [0.2, 0.25) is 0 Å². The van der Waals surface area contributed by atoms with Gasteiger partial charge in [0, 0.05) is 6.92 Å². The van der Waals surface area contributed by atoms with E-state index in [1.807, 2.05) is 6.07 Å². The number of aliphatic hydroxyl groups excluding tert-OH is 1. The summed E-state index contributed by atoms with van der Waals surface area (Å²) in [4.78, 5) is 25.4. The first kappa shape index (κ1) is 19.7. The summed E-state index contributed by atoms with van der Waals surface area (Å²) in [5.41, 5.74) is 0.704. The van der Waals surface area contributed by atoms with Gasteiger partial charge in [-0.2, -0.15) is 5.26 Å². The minimum Gasteiger partial charge on any atom is -0.457 e. The topological polar surface area (TPSA) is 99.9 Å². The molecule has 7 heteroatoms. The molecule has 0 saturated carbocycles. The van der Waals surface area contributed by atoms with Crippen molar-refractivity contribution in [2.75, 3.05) is 6.54 Å². The van der Waals surface area contributed by atoms with Gasteiger partial charge in [0.05, 0.1) is 24.2 Å². The van der Waals surface area contributed by atoms with E-state index in [9.17, 15) is 14.7 Å². The van der Waals surface area contributed by atoms with Crippen molar-refractivity contribution in [2.24, 2.45) is 0 Å². The van der Waals surface area contributed by atoms with Gasteiger partial charge in [-0.1, -0.05) is 12.1 Å². The van der Waals surface area contributed by atoms with Gasteiger partial charge >= 0.3 is 12.1 Å². The SMILES string of the molecule is CC(=O)O[C@H]1[C@@H](Cc2ccc(C#N)cc2)N(C(=O)OC(C)(C)C)C[C@@H]1O. The summed E-state index contributed by atoms with van der Waals surface area (Å²) in [6.07, 6.45) is -2.03. The summed E-state index contributed by atoms with van der Waals surface area (Å²) in [5, 5.41) is 19.2. The third-order valence-electron chi connectivity index (χ3n) is 4.00. The average Bonchev–Trinajstić information content (AvgIpc) is 2.83. The molecule has 1 amide bonds. The lowest BCUT2D eigenvalue weighted by Crippen LogP contribution is -2.45. The fourth-order valence-corrected chi connectivity index (χ4v) is 2.94. The van der Waals surface area contributed by atoms with E-state index in [1.54, 1.807) is 45.0 Å². The quantitative estimate of drug-likeness (QED) is 0.828. The number of hydrogen-bond acceptors (Lipinski definition) is 6. The Bertz CT molecular complexity index is 702. The predicted molar refractivity (Wildman–Crippen MR) is 93.1 cm³/mol. The molecule has 0 aromatic heterocycles. The van der Waals surface area contributed by atoms with Crippen LogP contribution in [0.5, 0.6) is 0 Å². The van der Waals surface area contributed by atoms with Crippen LogP contribution in [-0.4, -0.2) is 52.5 Å². The Labute approximate surface area is 153 Å². The third-order valence-corrected chi connectivity index (χ3v) is 4.00. The molecular weight excluding hydrogens is 336 g/mol. The van der Waals surface area contributed by atoms with E-state index < -0.39 is 35.9 Å². The number of esters is 1. The largest absolute Gasteiger partial charge is 0.457 e. The summed E-state index contributed by atoms with van der Waals surface area (Å²) in [6, 6.07) is 8.41. The van der Waals surface area contributed by atoms with E-state index in [0.29, 0.717) is 12.0 Å². The zero-order valence-electron chi connectivity index (χ0n) is 15.4. The fraction of sp³-hybridized carbons (Fsp3) is 0.526. The van der Waals surface area contributed by atoms with E-state index >= 15 is 0 Å². The van der Waals surface area contributed by atoms with E-state index in [-0.39, 0.29) is 6.54 Å². The maximum Gasteiger partial charge on any atom is 0.410 e. The molecule has 26 heavy (non-hydrogen) atoms. The molecule has 2 rings (SSSR count). The number of rotatable bonds is 3. The Hall–Kier alpha value is -2.59. The predicted octanol–water partition coefficient (Wildman–Crippen LogP) is 2.01. The zero-order chi connectivity index (χ0) is 19.5. The second-order valence-corrected chi connectivity index (χ2v) is 7.35. The normalized spacial score (nSPS) is 22.6. The van der Waals surface area contributed by atoms with Gasteiger partial charge in [-0.05, 0) is 44.9 Å². The summed E-state index contributed by atoms with van der Waals surface area (Å²) in [7, 11) is 0. The molecule has 0 unspecified atom stereocenters. The number of aliphatic hydroxyl groups is 1. The number of nitrogens with zero attached hydrogens (tertiary/aromatic N) is 2. The van der Waals surface area contributed by atoms with Crippen molar-refractivity contribution in [1.29, 1.82) is 5.26 Å². The van der Waals surface area contributed by atoms with Gasteiger partial charge in [0.25, 0.3) is 0 Å². The highest BCUT2D eigenvalue weighted by molar-refractivity contribution is 5.70. The maximum absolute atomic E-state index is 12.5. The van der Waals surface area contributed by atoms with Crippen molar-refractivity contribution in [3.05, 3.63) is 35.4 Å². The first-order chi connectivity index (χ1) is 12.1. The number of benzene rings is 1. The number of nitriles is 1. The Morgan fingerprint density at radius 3 is 2.42 bits per heavy atom. The Morgan fingerprint density at radius 1 is 1.31 bits per heavy atom. The number of ether oxygens (including phenoxy) is 2. The lowest BCUT2D eigenvalue weighted by Gasteiger charge is -2.30. The van der Waals surface area contributed by atoms with Gasteiger partial charge in [-0.3, -0.25) is 9.69 Å². The molecule has 140 valence electrons. The average molecular weight is 360 g/mol. The first-order valence-corrected chi connectivity index (χ1v) is 8.44. The number of amides is 1. The molecule has 1 aliphatic rings. The van der Waals surface area contributed by atoms with Crippen molar-refractivity contribution in [3.63, 3.8) is 0 Å². The molecule has 1 saturated heterocycles. The second kappa shape index (κ2) is 7.75. The van der Waals surface area contributed by atoms with Gasteiger partial charge in [0.1, 0.15) is 17.8 Å². The number of hydrogen-bond donors (Lipinski definition) is 1. The molecule has 1 fully saturated rings. The van der Waals surface area contributed by atoms with E-state index in [2.05, 4.69) is 0 Å². The van der Waals surface area contributed by atoms with Crippen molar-refractivity contribution in [1.82, 2.24) is 4.90 Å². The van der Waals surface area contributed by atoms with Gasteiger partial charge in [0.15, 0.2) is 0 Å². The Balaban J connectivity index is 2.26. The highest BCUT2D eigenvalue weighted by atomic mass is 16.6. The van der Waals surface area contributed by atoms with Crippen LogP contribution in [0.15, 0.2) is 24.3 Å². The van der Waals surface area contributed by atoms with Crippen molar-refractivity contribution < 1.29 is 24.2 Å². The van der Waals surface area contributed by atoms with Crippen molar-refractivity contribution >= 4 is 12.1 Å². The molecule has 1 heterocycles. The highest BCUT2D eigenvalue weighted by Crippen LogP contribution is 2.27. The minimum atomic E-state index is -0.991. The minimum absolute atomic E-state index is 0.0216. The molecule has 1 aromatic rings.